The topological polar surface area (TPSA) is 17.1 Å². The summed E-state index contributed by atoms with van der Waals surface area (Å²) in [5, 5.41) is 0. The smallest absolute Gasteiger partial charge is 0.283 e. The van der Waals surface area contributed by atoms with Crippen molar-refractivity contribution in [3.05, 3.63) is 21.9 Å². The molecule has 0 bridgehead atoms. The minimum atomic E-state index is -4.75. The Labute approximate surface area is 77.2 Å². The van der Waals surface area contributed by atoms with Crippen LogP contribution in [0.2, 0.25) is 0 Å². The van der Waals surface area contributed by atoms with Gasteiger partial charge in [0.25, 0.3) is 5.78 Å². The number of carbonyl (C=O) groups is 1. The molecule has 1 aromatic rings. The first-order valence-electron chi connectivity index (χ1n) is 3.65. The van der Waals surface area contributed by atoms with E-state index in [2.05, 4.69) is 0 Å². The molecule has 13 heavy (non-hydrogen) atoms. The lowest BCUT2D eigenvalue weighted by Gasteiger charge is -2.01. The Hall–Kier alpha value is -0.840. The Morgan fingerprint density at radius 1 is 1.46 bits per heavy atom. The maximum Gasteiger partial charge on any atom is 0.455 e. The van der Waals surface area contributed by atoms with Gasteiger partial charge < -0.3 is 0 Å². The molecule has 0 aliphatic carbocycles. The fourth-order valence-corrected chi connectivity index (χ4v) is 1.74. The van der Waals surface area contributed by atoms with E-state index >= 15 is 0 Å². The fourth-order valence-electron chi connectivity index (χ4n) is 0.830. The highest BCUT2D eigenvalue weighted by atomic mass is 32.1. The molecule has 0 saturated carbocycles. The molecule has 0 spiro atoms. The van der Waals surface area contributed by atoms with Gasteiger partial charge in [-0.15, -0.1) is 11.3 Å². The van der Waals surface area contributed by atoms with E-state index in [-0.39, 0.29) is 4.88 Å². The van der Waals surface area contributed by atoms with E-state index in [4.69, 9.17) is 0 Å². The van der Waals surface area contributed by atoms with Gasteiger partial charge in [-0.2, -0.15) is 13.2 Å². The van der Waals surface area contributed by atoms with E-state index in [1.165, 1.54) is 6.07 Å². The second-order valence-corrected chi connectivity index (χ2v) is 3.61. The first kappa shape index (κ1) is 10.2. The molecule has 1 nitrogen and oxygen atoms in total. The summed E-state index contributed by atoms with van der Waals surface area (Å²) in [4.78, 5) is 11.2. The highest BCUT2D eigenvalue weighted by Crippen LogP contribution is 2.26. The Bertz CT molecular complexity index is 313. The largest absolute Gasteiger partial charge is 0.455 e. The Morgan fingerprint density at radius 2 is 2.08 bits per heavy atom. The molecule has 0 N–H and O–H groups in total. The molecule has 0 amide bonds. The maximum absolute atomic E-state index is 11.9. The van der Waals surface area contributed by atoms with Crippen molar-refractivity contribution >= 4 is 17.1 Å². The normalized spacial score (nSPS) is 11.7. The van der Waals surface area contributed by atoms with E-state index in [0.29, 0.717) is 6.42 Å². The molecule has 0 radical (unpaired) electrons. The van der Waals surface area contributed by atoms with Gasteiger partial charge in [-0.1, -0.05) is 6.92 Å². The van der Waals surface area contributed by atoms with Gasteiger partial charge in [-0.3, -0.25) is 4.79 Å². The quantitative estimate of drug-likeness (QED) is 0.682. The number of rotatable bonds is 2. The molecular weight excluding hydrogens is 201 g/mol. The lowest BCUT2D eigenvalue weighted by atomic mass is 10.3. The molecule has 5 heteroatoms. The molecule has 1 heterocycles. The summed E-state index contributed by atoms with van der Waals surface area (Å²) in [6.07, 6.45) is -4.11. The predicted octanol–water partition coefficient (Wildman–Crippen LogP) is 3.06. The lowest BCUT2D eigenvalue weighted by Crippen LogP contribution is -2.21. The van der Waals surface area contributed by atoms with Crippen LogP contribution in [0.4, 0.5) is 13.2 Å². The van der Waals surface area contributed by atoms with Gasteiger partial charge in [-0.05, 0) is 18.6 Å². The van der Waals surface area contributed by atoms with Crippen molar-refractivity contribution in [3.63, 3.8) is 0 Å². The van der Waals surface area contributed by atoms with Crippen LogP contribution >= 0.6 is 11.3 Å². The van der Waals surface area contributed by atoms with E-state index < -0.39 is 12.0 Å². The van der Waals surface area contributed by atoms with Crippen LogP contribution in [0.1, 0.15) is 21.5 Å². The first-order chi connectivity index (χ1) is 5.95. The zero-order chi connectivity index (χ0) is 10.1. The summed E-state index contributed by atoms with van der Waals surface area (Å²) in [7, 11) is 0. The van der Waals surface area contributed by atoms with Crippen LogP contribution in [-0.4, -0.2) is 12.0 Å². The number of halogens is 3. The zero-order valence-electron chi connectivity index (χ0n) is 6.81. The minimum absolute atomic E-state index is 0.232. The third-order valence-corrected chi connectivity index (χ3v) is 2.72. The van der Waals surface area contributed by atoms with Gasteiger partial charge in [0.2, 0.25) is 0 Å². The molecule has 0 unspecified atom stereocenters. The Morgan fingerprint density at radius 3 is 2.46 bits per heavy atom. The van der Waals surface area contributed by atoms with Crippen LogP contribution in [0.15, 0.2) is 12.1 Å². The molecule has 0 aliphatic heterocycles. The first-order valence-corrected chi connectivity index (χ1v) is 4.47. The third-order valence-electron chi connectivity index (χ3n) is 1.49. The van der Waals surface area contributed by atoms with E-state index in [9.17, 15) is 18.0 Å². The highest BCUT2D eigenvalue weighted by molar-refractivity contribution is 7.14. The van der Waals surface area contributed by atoms with Gasteiger partial charge >= 0.3 is 6.18 Å². The number of carbonyl (C=O) groups excluding carboxylic acids is 1. The fraction of sp³-hybridized carbons (Fsp3) is 0.375. The van der Waals surface area contributed by atoms with Crippen molar-refractivity contribution in [2.45, 2.75) is 19.5 Å². The van der Waals surface area contributed by atoms with E-state index in [1.54, 1.807) is 6.07 Å². The summed E-state index contributed by atoms with van der Waals surface area (Å²) in [6.45, 7) is 1.83. The highest BCUT2D eigenvalue weighted by Gasteiger charge is 2.39. The van der Waals surface area contributed by atoms with Crippen molar-refractivity contribution in [2.75, 3.05) is 0 Å². The van der Waals surface area contributed by atoms with Crippen LogP contribution in [0.5, 0.6) is 0 Å². The molecule has 72 valence electrons. The third kappa shape index (κ3) is 2.30. The molecule has 0 saturated heterocycles. The predicted molar refractivity (Wildman–Crippen MR) is 44.1 cm³/mol. The van der Waals surface area contributed by atoms with Crippen molar-refractivity contribution < 1.29 is 18.0 Å². The van der Waals surface area contributed by atoms with E-state index in [0.717, 1.165) is 16.2 Å². The average Bonchev–Trinajstić information content (AvgIpc) is 2.48. The number of thiophene rings is 1. The molecule has 0 aliphatic rings. The minimum Gasteiger partial charge on any atom is -0.283 e. The van der Waals surface area contributed by atoms with Crippen LogP contribution in [0.25, 0.3) is 0 Å². The maximum atomic E-state index is 11.9. The second-order valence-electron chi connectivity index (χ2n) is 2.45. The van der Waals surface area contributed by atoms with Crippen molar-refractivity contribution in [3.8, 4) is 0 Å². The van der Waals surface area contributed by atoms with Gasteiger partial charge in [0.05, 0.1) is 4.88 Å². The summed E-state index contributed by atoms with van der Waals surface area (Å²) < 4.78 is 35.7. The number of aryl methyl sites for hydroxylation is 1. The zero-order valence-corrected chi connectivity index (χ0v) is 7.63. The monoisotopic (exact) mass is 208 g/mol. The van der Waals surface area contributed by atoms with Crippen LogP contribution < -0.4 is 0 Å². The summed E-state index contributed by atoms with van der Waals surface area (Å²) >= 11 is 0.898. The number of Topliss-reactive ketones (excluding diaryl/α,β-unsaturated/α-hetero) is 1. The SMILES string of the molecule is CCc1ccc(C(=O)C(F)(F)F)s1. The van der Waals surface area contributed by atoms with Gasteiger partial charge in [0.1, 0.15) is 0 Å². The van der Waals surface area contributed by atoms with Crippen molar-refractivity contribution in [1.29, 1.82) is 0 Å². The second kappa shape index (κ2) is 3.49. The summed E-state index contributed by atoms with van der Waals surface area (Å²) in [6, 6.07) is 2.77. The number of hydrogen-bond acceptors (Lipinski definition) is 2. The van der Waals surface area contributed by atoms with Gasteiger partial charge in [-0.25, -0.2) is 0 Å². The molecule has 1 rings (SSSR count). The molecule has 0 aromatic carbocycles. The van der Waals surface area contributed by atoms with Crippen LogP contribution in [-0.2, 0) is 6.42 Å². The van der Waals surface area contributed by atoms with Crippen molar-refractivity contribution in [1.82, 2.24) is 0 Å². The lowest BCUT2D eigenvalue weighted by molar-refractivity contribution is -0.0882. The van der Waals surface area contributed by atoms with Gasteiger partial charge in [0.15, 0.2) is 0 Å². The number of hydrogen-bond donors (Lipinski definition) is 0. The van der Waals surface area contributed by atoms with Gasteiger partial charge in [0, 0.05) is 4.88 Å². The van der Waals surface area contributed by atoms with E-state index in [1.807, 2.05) is 6.92 Å². The summed E-state index contributed by atoms with van der Waals surface area (Å²) in [5.41, 5.74) is 0. The van der Waals surface area contributed by atoms with Crippen molar-refractivity contribution in [2.24, 2.45) is 0 Å². The number of alkyl halides is 3. The Kier molecular flexibility index (Phi) is 2.75. The average molecular weight is 208 g/mol. The summed E-state index contributed by atoms with van der Waals surface area (Å²) in [5.74, 6) is -1.75. The van der Waals surface area contributed by atoms with Crippen LogP contribution in [0, 0.1) is 0 Å². The Balaban J connectivity index is 2.90. The van der Waals surface area contributed by atoms with Crippen LogP contribution in [0.3, 0.4) is 0 Å². The molecule has 0 atom stereocenters. The number of ketones is 1. The molecule has 1 aromatic heterocycles. The molecular formula is C8H7F3OS. The molecule has 0 fully saturated rings. The standard InChI is InChI=1S/C8H7F3OS/c1-2-5-3-4-6(13-5)7(12)8(9,10)11/h3-4H,2H2,1H3.